The van der Waals surface area contributed by atoms with E-state index in [1.807, 2.05) is 26.0 Å². The van der Waals surface area contributed by atoms with Gasteiger partial charge in [0.1, 0.15) is 0 Å². The van der Waals surface area contributed by atoms with Crippen molar-refractivity contribution >= 4 is 23.3 Å². The molecule has 0 aliphatic rings. The first-order valence-electron chi connectivity index (χ1n) is 8.79. The van der Waals surface area contributed by atoms with Gasteiger partial charge in [0.15, 0.2) is 11.9 Å². The number of amides is 1. The van der Waals surface area contributed by atoms with E-state index in [0.29, 0.717) is 16.9 Å². The van der Waals surface area contributed by atoms with Crippen LogP contribution in [0.2, 0.25) is 0 Å². The lowest BCUT2D eigenvalue weighted by Gasteiger charge is -2.13. The van der Waals surface area contributed by atoms with E-state index in [4.69, 9.17) is 4.74 Å². The molecule has 0 aliphatic heterocycles. The highest BCUT2D eigenvalue weighted by Gasteiger charge is 2.21. The van der Waals surface area contributed by atoms with Crippen molar-refractivity contribution in [2.24, 2.45) is 7.05 Å². The number of benzene rings is 1. The van der Waals surface area contributed by atoms with Crippen LogP contribution in [0.25, 0.3) is 0 Å². The zero-order chi connectivity index (χ0) is 20.1. The minimum atomic E-state index is -0.967. The molecule has 2 rings (SSSR count). The number of nitrogens with zero attached hydrogens (tertiary/aromatic N) is 2. The second-order valence-corrected chi connectivity index (χ2v) is 6.58. The van der Waals surface area contributed by atoms with Gasteiger partial charge in [-0.3, -0.25) is 19.1 Å². The Morgan fingerprint density at radius 1 is 1.11 bits per heavy atom. The summed E-state index contributed by atoms with van der Waals surface area (Å²) < 4.78 is 6.81. The summed E-state index contributed by atoms with van der Waals surface area (Å²) in [5.41, 5.74) is 3.72. The zero-order valence-electron chi connectivity index (χ0n) is 16.3. The van der Waals surface area contributed by atoms with Crippen molar-refractivity contribution in [3.63, 3.8) is 0 Å². The van der Waals surface area contributed by atoms with Crippen molar-refractivity contribution in [3.8, 4) is 0 Å². The molecule has 1 aromatic carbocycles. The monoisotopic (exact) mass is 371 g/mol. The number of ether oxygens (including phenoxy) is 1. The quantitative estimate of drug-likeness (QED) is 0.597. The Morgan fingerprint density at radius 2 is 1.74 bits per heavy atom. The van der Waals surface area contributed by atoms with Gasteiger partial charge in [-0.2, -0.15) is 5.10 Å². The average molecular weight is 371 g/mol. The van der Waals surface area contributed by atoms with Gasteiger partial charge < -0.3 is 10.1 Å². The summed E-state index contributed by atoms with van der Waals surface area (Å²) in [6.45, 7) is 7.06. The summed E-state index contributed by atoms with van der Waals surface area (Å²) in [5.74, 6) is -1.16. The fourth-order valence-electron chi connectivity index (χ4n) is 2.59. The van der Waals surface area contributed by atoms with Crippen LogP contribution in [0.5, 0.6) is 0 Å². The molecule has 7 nitrogen and oxygen atoms in total. The lowest BCUT2D eigenvalue weighted by molar-refractivity contribution is -0.153. The Hall–Kier alpha value is -2.96. The second-order valence-electron chi connectivity index (χ2n) is 6.58. The number of hydrogen-bond donors (Lipinski definition) is 1. The van der Waals surface area contributed by atoms with Gasteiger partial charge in [-0.25, -0.2) is 0 Å². The van der Waals surface area contributed by atoms with Gasteiger partial charge in [0.2, 0.25) is 0 Å². The van der Waals surface area contributed by atoms with E-state index >= 15 is 0 Å². The van der Waals surface area contributed by atoms with Crippen LogP contribution < -0.4 is 5.32 Å². The molecule has 0 aliphatic carbocycles. The smallest absolute Gasteiger partial charge is 0.307 e. The van der Waals surface area contributed by atoms with Crippen LogP contribution in [-0.4, -0.2) is 33.5 Å². The summed E-state index contributed by atoms with van der Waals surface area (Å²) in [4.78, 5) is 36.3. The van der Waals surface area contributed by atoms with Crippen molar-refractivity contribution < 1.29 is 19.1 Å². The van der Waals surface area contributed by atoms with Gasteiger partial charge in [0, 0.05) is 19.0 Å². The molecule has 1 amide bonds. The third kappa shape index (κ3) is 5.26. The molecule has 0 fully saturated rings. The van der Waals surface area contributed by atoms with Gasteiger partial charge >= 0.3 is 5.97 Å². The SMILES string of the molecule is Cc1ccc(C(=O)CCC(=O)O[C@H](C)C(=O)Nc2c(C)nn(C)c2C)cc1. The molecule has 1 N–H and O–H groups in total. The van der Waals surface area contributed by atoms with Crippen LogP contribution in [0.15, 0.2) is 24.3 Å². The Balaban J connectivity index is 1.84. The van der Waals surface area contributed by atoms with Gasteiger partial charge in [-0.1, -0.05) is 29.8 Å². The third-order valence-corrected chi connectivity index (χ3v) is 4.36. The molecule has 2 aromatic rings. The fraction of sp³-hybridized carbons (Fsp3) is 0.400. The van der Waals surface area contributed by atoms with Gasteiger partial charge in [-0.15, -0.1) is 0 Å². The number of anilines is 1. The molecule has 0 unspecified atom stereocenters. The lowest BCUT2D eigenvalue weighted by Crippen LogP contribution is -2.30. The van der Waals surface area contributed by atoms with Crippen LogP contribution in [0, 0.1) is 20.8 Å². The molecule has 7 heteroatoms. The van der Waals surface area contributed by atoms with E-state index < -0.39 is 18.0 Å². The first-order valence-corrected chi connectivity index (χ1v) is 8.79. The topological polar surface area (TPSA) is 90.3 Å². The molecule has 0 spiro atoms. The number of carbonyl (C=O) groups excluding carboxylic acids is 3. The van der Waals surface area contributed by atoms with Crippen LogP contribution >= 0.6 is 0 Å². The normalized spacial score (nSPS) is 11.7. The van der Waals surface area contributed by atoms with E-state index in [-0.39, 0.29) is 18.6 Å². The molecule has 1 aromatic heterocycles. The summed E-state index contributed by atoms with van der Waals surface area (Å²) >= 11 is 0. The number of Topliss-reactive ketones (excluding diaryl/α,β-unsaturated/α-hetero) is 1. The minimum Gasteiger partial charge on any atom is -0.453 e. The molecule has 144 valence electrons. The Bertz CT molecular complexity index is 853. The van der Waals surface area contributed by atoms with Crippen LogP contribution in [-0.2, 0) is 21.4 Å². The van der Waals surface area contributed by atoms with Gasteiger partial charge in [0.25, 0.3) is 5.91 Å². The highest BCUT2D eigenvalue weighted by Crippen LogP contribution is 2.19. The lowest BCUT2D eigenvalue weighted by atomic mass is 10.1. The van der Waals surface area contributed by atoms with E-state index in [1.54, 1.807) is 30.8 Å². The number of aromatic nitrogens is 2. The molecule has 1 atom stereocenters. The maximum atomic E-state index is 12.3. The van der Waals surface area contributed by atoms with Gasteiger partial charge in [-0.05, 0) is 27.7 Å². The summed E-state index contributed by atoms with van der Waals surface area (Å²) in [6, 6.07) is 7.16. The summed E-state index contributed by atoms with van der Waals surface area (Å²) in [6.07, 6.45) is -1.00. The molecular formula is C20H25N3O4. The van der Waals surface area contributed by atoms with Crippen LogP contribution in [0.1, 0.15) is 47.1 Å². The number of nitrogens with one attached hydrogen (secondary N) is 1. The second kappa shape index (κ2) is 8.62. The van der Waals surface area contributed by atoms with Crippen molar-refractivity contribution in [3.05, 3.63) is 46.8 Å². The maximum Gasteiger partial charge on any atom is 0.307 e. The third-order valence-electron chi connectivity index (χ3n) is 4.36. The van der Waals surface area contributed by atoms with E-state index in [0.717, 1.165) is 11.3 Å². The summed E-state index contributed by atoms with van der Waals surface area (Å²) in [5, 5.41) is 6.96. The zero-order valence-corrected chi connectivity index (χ0v) is 16.3. The van der Waals surface area contributed by atoms with E-state index in [1.165, 1.54) is 6.92 Å². The minimum absolute atomic E-state index is 0.0387. The molecule has 27 heavy (non-hydrogen) atoms. The highest BCUT2D eigenvalue weighted by atomic mass is 16.5. The van der Waals surface area contributed by atoms with Crippen molar-refractivity contribution in [2.75, 3.05) is 5.32 Å². The van der Waals surface area contributed by atoms with E-state index in [2.05, 4.69) is 10.4 Å². The van der Waals surface area contributed by atoms with Crippen LogP contribution in [0.3, 0.4) is 0 Å². The summed E-state index contributed by atoms with van der Waals surface area (Å²) in [7, 11) is 1.78. The fourth-order valence-corrected chi connectivity index (χ4v) is 2.59. The number of aryl methyl sites for hydroxylation is 3. The molecule has 0 radical (unpaired) electrons. The Morgan fingerprint density at radius 3 is 2.30 bits per heavy atom. The highest BCUT2D eigenvalue weighted by molar-refractivity contribution is 5.98. The molecule has 0 saturated heterocycles. The molecule has 0 bridgehead atoms. The Labute approximate surface area is 158 Å². The average Bonchev–Trinajstić information content (AvgIpc) is 2.86. The number of hydrogen-bond acceptors (Lipinski definition) is 5. The number of esters is 1. The van der Waals surface area contributed by atoms with E-state index in [9.17, 15) is 14.4 Å². The first-order chi connectivity index (χ1) is 12.7. The predicted octanol–water partition coefficient (Wildman–Crippen LogP) is 2.88. The molecular weight excluding hydrogens is 346 g/mol. The predicted molar refractivity (Wildman–Crippen MR) is 102 cm³/mol. The number of rotatable bonds is 7. The largest absolute Gasteiger partial charge is 0.453 e. The first kappa shape index (κ1) is 20.4. The van der Waals surface area contributed by atoms with Gasteiger partial charge in [0.05, 0.1) is 23.5 Å². The number of carbonyl (C=O) groups is 3. The Kier molecular flexibility index (Phi) is 6.50. The molecule has 1 heterocycles. The van der Waals surface area contributed by atoms with Crippen molar-refractivity contribution in [1.29, 1.82) is 0 Å². The molecule has 0 saturated carbocycles. The van der Waals surface area contributed by atoms with Crippen molar-refractivity contribution in [2.45, 2.75) is 46.6 Å². The van der Waals surface area contributed by atoms with Crippen LogP contribution in [0.4, 0.5) is 5.69 Å². The number of ketones is 1. The standard InChI is InChI=1S/C20H25N3O4/c1-12-6-8-16(9-7-12)17(24)10-11-18(25)27-15(4)20(26)21-19-13(2)22-23(5)14(19)3/h6-9,15H,10-11H2,1-5H3,(H,21,26)/t15-/m1/s1. The van der Waals surface area contributed by atoms with Crippen molar-refractivity contribution in [1.82, 2.24) is 9.78 Å². The maximum absolute atomic E-state index is 12.3.